The number of hydrogen-bond donors (Lipinski definition) is 1. The molecule has 0 spiro atoms. The van der Waals surface area contributed by atoms with Crippen molar-refractivity contribution in [2.45, 2.75) is 36.6 Å². The Kier molecular flexibility index (Phi) is 6.44. The largest absolute Gasteiger partial charge is 0.314 e. The van der Waals surface area contributed by atoms with E-state index in [0.717, 1.165) is 30.7 Å². The molecule has 2 aliphatic rings. The molecule has 1 aromatic heterocycles. The second-order valence-electron chi connectivity index (χ2n) is 5.63. The van der Waals surface area contributed by atoms with Gasteiger partial charge < -0.3 is 5.32 Å². The first-order valence-corrected chi connectivity index (χ1v) is 10.2. The molecule has 1 N–H and O–H groups in total. The van der Waals surface area contributed by atoms with Crippen LogP contribution in [0, 0.1) is 5.92 Å². The van der Waals surface area contributed by atoms with E-state index in [1.165, 1.54) is 18.9 Å². The Hall–Kier alpha value is 0.440. The molecule has 1 aromatic rings. The Morgan fingerprint density at radius 2 is 1.91 bits per heavy atom. The van der Waals surface area contributed by atoms with E-state index in [9.17, 15) is 8.42 Å². The minimum Gasteiger partial charge on any atom is -0.314 e. The zero-order chi connectivity index (χ0) is 15.0. The van der Waals surface area contributed by atoms with Crippen molar-refractivity contribution in [3.63, 3.8) is 0 Å². The van der Waals surface area contributed by atoms with Crippen molar-refractivity contribution in [2.24, 2.45) is 5.92 Å². The van der Waals surface area contributed by atoms with Crippen molar-refractivity contribution in [2.75, 3.05) is 19.6 Å². The van der Waals surface area contributed by atoms with Crippen LogP contribution in [0.25, 0.3) is 0 Å². The summed E-state index contributed by atoms with van der Waals surface area (Å²) >= 11 is 13.0. The molecule has 1 atom stereocenters. The van der Waals surface area contributed by atoms with Crippen molar-refractivity contribution in [1.82, 2.24) is 9.62 Å². The second kappa shape index (κ2) is 7.55. The Labute approximate surface area is 151 Å². The molecule has 0 saturated carbocycles. The average molecular weight is 406 g/mol. The van der Waals surface area contributed by atoms with Crippen LogP contribution in [0.2, 0.25) is 8.67 Å². The summed E-state index contributed by atoms with van der Waals surface area (Å²) in [6, 6.07) is 2.02. The van der Waals surface area contributed by atoms with Gasteiger partial charge in [0.25, 0.3) is 0 Å². The Morgan fingerprint density at radius 1 is 1.23 bits per heavy atom. The molecule has 0 amide bonds. The predicted molar refractivity (Wildman–Crippen MR) is 94.1 cm³/mol. The molecule has 2 aliphatic heterocycles. The molecular formula is C13H19Cl3N2O2S2. The number of nitrogens with zero attached hydrogens (tertiary/aromatic N) is 1. The zero-order valence-corrected chi connectivity index (χ0v) is 15.9. The number of rotatable bonds is 3. The number of thiophene rings is 1. The van der Waals surface area contributed by atoms with Gasteiger partial charge in [-0.15, -0.1) is 23.7 Å². The number of halogens is 3. The molecule has 2 saturated heterocycles. The number of nitrogens with one attached hydrogen (secondary N) is 1. The lowest BCUT2D eigenvalue weighted by molar-refractivity contribution is 0.234. The fourth-order valence-corrected chi connectivity index (χ4v) is 6.85. The van der Waals surface area contributed by atoms with Crippen molar-refractivity contribution >= 4 is 57.0 Å². The normalized spacial score (nSPS) is 24.4. The maximum atomic E-state index is 12.6. The Balaban J connectivity index is 0.00000176. The molecule has 126 valence electrons. The summed E-state index contributed by atoms with van der Waals surface area (Å²) in [5.74, 6) is 0.584. The third kappa shape index (κ3) is 3.74. The summed E-state index contributed by atoms with van der Waals surface area (Å²) in [5, 5.41) is 3.52. The molecule has 2 fully saturated rings. The first-order valence-electron chi connectivity index (χ1n) is 7.17. The maximum Gasteiger partial charge on any atom is 0.245 e. The Bertz CT molecular complexity index is 607. The average Bonchev–Trinajstić information content (AvgIpc) is 3.09. The van der Waals surface area contributed by atoms with Crippen LogP contribution >= 0.6 is 46.9 Å². The van der Waals surface area contributed by atoms with Crippen LogP contribution in [-0.4, -0.2) is 38.4 Å². The minimum atomic E-state index is -3.51. The van der Waals surface area contributed by atoms with E-state index in [1.54, 1.807) is 4.31 Å². The fourth-order valence-electron chi connectivity index (χ4n) is 3.27. The molecule has 0 aromatic carbocycles. The number of piperidine rings is 1. The molecule has 0 bridgehead atoms. The summed E-state index contributed by atoms with van der Waals surface area (Å²) in [6.07, 6.45) is 4.26. The lowest BCUT2D eigenvalue weighted by atomic mass is 9.89. The van der Waals surface area contributed by atoms with Gasteiger partial charge in [-0.05, 0) is 44.2 Å². The van der Waals surface area contributed by atoms with E-state index in [0.29, 0.717) is 29.4 Å². The van der Waals surface area contributed by atoms with Crippen LogP contribution in [0.4, 0.5) is 0 Å². The second-order valence-corrected chi connectivity index (χ2v) is 9.82. The van der Waals surface area contributed by atoms with Crippen LogP contribution in [-0.2, 0) is 10.0 Å². The zero-order valence-electron chi connectivity index (χ0n) is 11.9. The quantitative estimate of drug-likeness (QED) is 0.835. The highest BCUT2D eigenvalue weighted by Gasteiger charge is 2.34. The van der Waals surface area contributed by atoms with Crippen molar-refractivity contribution < 1.29 is 8.42 Å². The lowest BCUT2D eigenvalue weighted by Gasteiger charge is -2.34. The van der Waals surface area contributed by atoms with E-state index >= 15 is 0 Å². The Morgan fingerprint density at radius 3 is 2.41 bits per heavy atom. The molecule has 0 radical (unpaired) electrons. The van der Waals surface area contributed by atoms with Gasteiger partial charge >= 0.3 is 0 Å². The highest BCUT2D eigenvalue weighted by atomic mass is 35.5. The highest BCUT2D eigenvalue weighted by molar-refractivity contribution is 7.89. The molecule has 0 aliphatic carbocycles. The van der Waals surface area contributed by atoms with Crippen molar-refractivity contribution in [3.8, 4) is 0 Å². The third-order valence-electron chi connectivity index (χ3n) is 4.41. The topological polar surface area (TPSA) is 49.4 Å². The first-order chi connectivity index (χ1) is 9.98. The van der Waals surface area contributed by atoms with E-state index in [1.807, 2.05) is 0 Å². The summed E-state index contributed by atoms with van der Waals surface area (Å²) < 4.78 is 27.4. The standard InChI is InChI=1S/C13H18Cl2N2O2S2.ClH/c14-12-8-11(13(15)20-12)21(18,19)17-6-3-9(4-7-17)10-2-1-5-16-10;/h8-10,16H,1-7H2;1H. The van der Waals surface area contributed by atoms with Crippen molar-refractivity contribution in [1.29, 1.82) is 0 Å². The van der Waals surface area contributed by atoms with Gasteiger partial charge in [0.15, 0.2) is 0 Å². The smallest absolute Gasteiger partial charge is 0.245 e. The van der Waals surface area contributed by atoms with Gasteiger partial charge in [-0.2, -0.15) is 4.31 Å². The predicted octanol–water partition coefficient (Wildman–Crippen LogP) is 3.63. The van der Waals surface area contributed by atoms with Crippen LogP contribution in [0.5, 0.6) is 0 Å². The monoisotopic (exact) mass is 404 g/mol. The molecule has 9 heteroatoms. The SMILES string of the molecule is Cl.O=S(=O)(c1cc(Cl)sc1Cl)N1CCC(C2CCCN2)CC1. The minimum absolute atomic E-state index is 0. The third-order valence-corrected chi connectivity index (χ3v) is 8.06. The van der Waals surface area contributed by atoms with Gasteiger partial charge in [0, 0.05) is 19.1 Å². The number of sulfonamides is 1. The van der Waals surface area contributed by atoms with E-state index in [4.69, 9.17) is 23.2 Å². The van der Waals surface area contributed by atoms with Crippen LogP contribution in [0.15, 0.2) is 11.0 Å². The summed E-state index contributed by atoms with van der Waals surface area (Å²) in [7, 11) is -3.51. The molecule has 3 heterocycles. The van der Waals surface area contributed by atoms with E-state index < -0.39 is 10.0 Å². The van der Waals surface area contributed by atoms with Gasteiger partial charge in [-0.1, -0.05) is 23.2 Å². The molecule has 1 unspecified atom stereocenters. The van der Waals surface area contributed by atoms with Gasteiger partial charge in [0.2, 0.25) is 10.0 Å². The fraction of sp³-hybridized carbons (Fsp3) is 0.692. The molecule has 4 nitrogen and oxygen atoms in total. The maximum absolute atomic E-state index is 12.6. The van der Waals surface area contributed by atoms with Gasteiger partial charge in [0.05, 0.1) is 4.34 Å². The summed E-state index contributed by atoms with van der Waals surface area (Å²) in [4.78, 5) is 0.150. The summed E-state index contributed by atoms with van der Waals surface area (Å²) in [6.45, 7) is 2.22. The lowest BCUT2D eigenvalue weighted by Crippen LogP contribution is -2.43. The van der Waals surface area contributed by atoms with E-state index in [-0.39, 0.29) is 21.6 Å². The summed E-state index contributed by atoms with van der Waals surface area (Å²) in [5.41, 5.74) is 0. The highest BCUT2D eigenvalue weighted by Crippen LogP contribution is 2.37. The van der Waals surface area contributed by atoms with Crippen LogP contribution < -0.4 is 5.32 Å². The molecule has 3 rings (SSSR count). The van der Waals surface area contributed by atoms with Gasteiger partial charge in [0.1, 0.15) is 9.23 Å². The van der Waals surface area contributed by atoms with Crippen LogP contribution in [0.1, 0.15) is 25.7 Å². The van der Waals surface area contributed by atoms with Crippen molar-refractivity contribution in [3.05, 3.63) is 14.7 Å². The van der Waals surface area contributed by atoms with Crippen LogP contribution in [0.3, 0.4) is 0 Å². The van der Waals surface area contributed by atoms with Gasteiger partial charge in [-0.25, -0.2) is 8.42 Å². The number of hydrogen-bond acceptors (Lipinski definition) is 4. The molecule has 22 heavy (non-hydrogen) atoms. The first kappa shape index (κ1) is 18.8. The van der Waals surface area contributed by atoms with Gasteiger partial charge in [-0.3, -0.25) is 0 Å². The molecular weight excluding hydrogens is 387 g/mol. The van der Waals surface area contributed by atoms with E-state index in [2.05, 4.69) is 5.32 Å².